The third kappa shape index (κ3) is 3.91. The Morgan fingerprint density at radius 3 is 2.37 bits per heavy atom. The van der Waals surface area contributed by atoms with Crippen LogP contribution in [-0.2, 0) is 15.5 Å². The van der Waals surface area contributed by atoms with Gasteiger partial charge in [-0.15, -0.1) is 0 Å². The number of nitrogens with one attached hydrogen (secondary N) is 3. The SMILES string of the molecule is O=C(NCC(F)(F)c1ccccc1)C(=O)Nc1c[nH]c2cc(F)c(F)cc12. The lowest BCUT2D eigenvalue weighted by Crippen LogP contribution is -2.41. The number of hydrogen-bond donors (Lipinski definition) is 3. The van der Waals surface area contributed by atoms with E-state index in [1.807, 2.05) is 5.32 Å². The summed E-state index contributed by atoms with van der Waals surface area (Å²) in [5.74, 6) is -8.08. The molecule has 0 radical (unpaired) electrons. The first kappa shape index (κ1) is 18.4. The second-order valence-electron chi connectivity index (χ2n) is 5.72. The highest BCUT2D eigenvalue weighted by Gasteiger charge is 2.32. The Bertz CT molecular complexity index is 1000. The van der Waals surface area contributed by atoms with Crippen molar-refractivity contribution in [2.24, 2.45) is 0 Å². The van der Waals surface area contributed by atoms with Crippen molar-refractivity contribution in [3.8, 4) is 0 Å². The number of carbonyl (C=O) groups is 2. The van der Waals surface area contributed by atoms with Gasteiger partial charge >= 0.3 is 11.8 Å². The van der Waals surface area contributed by atoms with Crippen LogP contribution in [-0.4, -0.2) is 23.3 Å². The van der Waals surface area contributed by atoms with Crippen LogP contribution >= 0.6 is 0 Å². The van der Waals surface area contributed by atoms with E-state index in [1.54, 1.807) is 6.07 Å². The van der Waals surface area contributed by atoms with Gasteiger partial charge in [0, 0.05) is 23.2 Å². The first-order chi connectivity index (χ1) is 12.8. The summed E-state index contributed by atoms with van der Waals surface area (Å²) >= 11 is 0. The first-order valence-corrected chi connectivity index (χ1v) is 7.76. The Balaban J connectivity index is 1.66. The summed E-state index contributed by atoms with van der Waals surface area (Å²) in [5.41, 5.74) is -0.0982. The molecule has 3 aromatic rings. The lowest BCUT2D eigenvalue weighted by atomic mass is 10.1. The number of aromatic nitrogens is 1. The fourth-order valence-electron chi connectivity index (χ4n) is 2.45. The predicted octanol–water partition coefficient (Wildman–Crippen LogP) is 3.29. The molecule has 0 atom stereocenters. The summed E-state index contributed by atoms with van der Waals surface area (Å²) < 4.78 is 54.6. The van der Waals surface area contributed by atoms with Gasteiger partial charge in [-0.1, -0.05) is 30.3 Å². The van der Waals surface area contributed by atoms with Crippen LogP contribution < -0.4 is 10.6 Å². The normalized spacial score (nSPS) is 11.4. The summed E-state index contributed by atoms with van der Waals surface area (Å²) in [5, 5.41) is 4.16. The summed E-state index contributed by atoms with van der Waals surface area (Å²) in [6.07, 6.45) is 1.23. The smallest absolute Gasteiger partial charge is 0.313 e. The van der Waals surface area contributed by atoms with E-state index in [-0.39, 0.29) is 22.2 Å². The standard InChI is InChI=1S/C18H13F4N3O2/c19-12-6-11-14(7-13(12)20)23-8-15(11)25-17(27)16(26)24-9-18(21,22)10-4-2-1-3-5-10/h1-8,23H,9H2,(H,24,26)(H,25,27). The molecule has 3 N–H and O–H groups in total. The molecule has 3 rings (SSSR count). The van der Waals surface area contributed by atoms with E-state index in [4.69, 9.17) is 0 Å². The molecule has 2 aromatic carbocycles. The molecule has 2 amide bonds. The van der Waals surface area contributed by atoms with Gasteiger partial charge in [0.25, 0.3) is 5.92 Å². The van der Waals surface area contributed by atoms with Gasteiger partial charge in [0.05, 0.1) is 17.7 Å². The topological polar surface area (TPSA) is 74.0 Å². The van der Waals surface area contributed by atoms with Crippen LogP contribution in [0.5, 0.6) is 0 Å². The minimum atomic E-state index is -3.36. The monoisotopic (exact) mass is 379 g/mol. The molecule has 9 heteroatoms. The number of hydrogen-bond acceptors (Lipinski definition) is 2. The maximum atomic E-state index is 14.0. The van der Waals surface area contributed by atoms with Gasteiger partial charge in [0.15, 0.2) is 11.6 Å². The molecule has 0 unspecified atom stereocenters. The number of rotatable bonds is 4. The van der Waals surface area contributed by atoms with Crippen molar-refractivity contribution in [2.75, 3.05) is 11.9 Å². The molecule has 5 nitrogen and oxygen atoms in total. The van der Waals surface area contributed by atoms with Gasteiger partial charge in [-0.3, -0.25) is 9.59 Å². The van der Waals surface area contributed by atoms with Crippen molar-refractivity contribution in [3.05, 3.63) is 65.9 Å². The number of aromatic amines is 1. The summed E-state index contributed by atoms with van der Waals surface area (Å²) in [6, 6.07) is 8.56. The number of amides is 2. The van der Waals surface area contributed by atoms with Gasteiger partial charge in [-0.25, -0.2) is 8.78 Å². The van der Waals surface area contributed by atoms with Crippen LogP contribution in [0.4, 0.5) is 23.2 Å². The van der Waals surface area contributed by atoms with Crippen LogP contribution in [0.25, 0.3) is 10.9 Å². The molecular weight excluding hydrogens is 366 g/mol. The zero-order valence-electron chi connectivity index (χ0n) is 13.7. The zero-order valence-corrected chi connectivity index (χ0v) is 13.7. The zero-order chi connectivity index (χ0) is 19.6. The molecular formula is C18H13F4N3O2. The number of halogens is 4. The van der Waals surface area contributed by atoms with E-state index >= 15 is 0 Å². The average Bonchev–Trinajstić information content (AvgIpc) is 3.02. The Labute approximate surface area is 150 Å². The van der Waals surface area contributed by atoms with Crippen molar-refractivity contribution in [2.45, 2.75) is 5.92 Å². The molecule has 140 valence electrons. The van der Waals surface area contributed by atoms with Crippen molar-refractivity contribution in [1.82, 2.24) is 10.3 Å². The maximum Gasteiger partial charge on any atom is 0.313 e. The number of benzene rings is 2. The van der Waals surface area contributed by atoms with E-state index < -0.39 is 35.9 Å². The number of fused-ring (bicyclic) bond motifs is 1. The van der Waals surface area contributed by atoms with Crippen molar-refractivity contribution in [3.63, 3.8) is 0 Å². The Morgan fingerprint density at radius 2 is 1.67 bits per heavy atom. The molecule has 0 fully saturated rings. The minimum Gasteiger partial charge on any atom is -0.359 e. The average molecular weight is 379 g/mol. The molecule has 27 heavy (non-hydrogen) atoms. The van der Waals surface area contributed by atoms with Crippen LogP contribution in [0.2, 0.25) is 0 Å². The quantitative estimate of drug-likeness (QED) is 0.481. The van der Waals surface area contributed by atoms with E-state index in [1.165, 1.54) is 30.5 Å². The van der Waals surface area contributed by atoms with E-state index in [0.717, 1.165) is 12.1 Å². The molecule has 1 heterocycles. The van der Waals surface area contributed by atoms with Gasteiger partial charge in [-0.2, -0.15) is 8.78 Å². The van der Waals surface area contributed by atoms with Crippen LogP contribution in [0.15, 0.2) is 48.7 Å². The number of anilines is 1. The lowest BCUT2D eigenvalue weighted by molar-refractivity contribution is -0.137. The van der Waals surface area contributed by atoms with Gasteiger partial charge in [0.1, 0.15) is 0 Å². The molecule has 1 aromatic heterocycles. The third-order valence-electron chi connectivity index (χ3n) is 3.84. The van der Waals surface area contributed by atoms with E-state index in [9.17, 15) is 27.2 Å². The van der Waals surface area contributed by atoms with Crippen molar-refractivity contribution in [1.29, 1.82) is 0 Å². The van der Waals surface area contributed by atoms with Crippen molar-refractivity contribution < 1.29 is 27.2 Å². The second kappa shape index (κ2) is 7.10. The fraction of sp³-hybridized carbons (Fsp3) is 0.111. The van der Waals surface area contributed by atoms with Crippen LogP contribution in [0.1, 0.15) is 5.56 Å². The molecule has 0 bridgehead atoms. The van der Waals surface area contributed by atoms with Crippen molar-refractivity contribution >= 4 is 28.4 Å². The summed E-state index contributed by atoms with van der Waals surface area (Å²) in [4.78, 5) is 26.3. The molecule has 0 saturated heterocycles. The van der Waals surface area contributed by atoms with Crippen LogP contribution in [0, 0.1) is 11.6 Å². The Hall–Kier alpha value is -3.36. The lowest BCUT2D eigenvalue weighted by Gasteiger charge is -2.17. The first-order valence-electron chi connectivity index (χ1n) is 7.76. The Kier molecular flexibility index (Phi) is 4.85. The summed E-state index contributed by atoms with van der Waals surface area (Å²) in [7, 11) is 0. The predicted molar refractivity (Wildman–Crippen MR) is 90.2 cm³/mol. The molecule has 0 aliphatic rings. The Morgan fingerprint density at radius 1 is 1.00 bits per heavy atom. The van der Waals surface area contributed by atoms with E-state index in [0.29, 0.717) is 0 Å². The highest BCUT2D eigenvalue weighted by molar-refractivity contribution is 6.40. The fourth-order valence-corrected chi connectivity index (χ4v) is 2.45. The largest absolute Gasteiger partial charge is 0.359 e. The minimum absolute atomic E-state index is 0.0128. The van der Waals surface area contributed by atoms with E-state index in [2.05, 4.69) is 10.3 Å². The second-order valence-corrected chi connectivity index (χ2v) is 5.72. The highest BCUT2D eigenvalue weighted by Crippen LogP contribution is 2.27. The number of alkyl halides is 2. The molecule has 0 aliphatic carbocycles. The van der Waals surface area contributed by atoms with Gasteiger partial charge < -0.3 is 15.6 Å². The highest BCUT2D eigenvalue weighted by atomic mass is 19.3. The summed E-state index contributed by atoms with van der Waals surface area (Å²) in [6.45, 7) is -1.07. The number of H-pyrrole nitrogens is 1. The molecule has 0 saturated carbocycles. The van der Waals surface area contributed by atoms with Gasteiger partial charge in [-0.05, 0) is 6.07 Å². The number of carbonyl (C=O) groups excluding carboxylic acids is 2. The van der Waals surface area contributed by atoms with Crippen LogP contribution in [0.3, 0.4) is 0 Å². The molecule has 0 spiro atoms. The molecule has 0 aliphatic heterocycles. The maximum absolute atomic E-state index is 14.0. The third-order valence-corrected chi connectivity index (χ3v) is 3.84. The van der Waals surface area contributed by atoms with Gasteiger partial charge in [0.2, 0.25) is 0 Å².